The summed E-state index contributed by atoms with van der Waals surface area (Å²) < 4.78 is 16.3. The Morgan fingerprint density at radius 1 is 1.27 bits per heavy atom. The minimum Gasteiger partial charge on any atom is -0.497 e. The molecule has 0 saturated heterocycles. The van der Waals surface area contributed by atoms with Gasteiger partial charge in [-0.1, -0.05) is 0 Å². The molecule has 26 heavy (non-hydrogen) atoms. The van der Waals surface area contributed by atoms with Gasteiger partial charge < -0.3 is 19.5 Å². The number of methoxy groups -OCH3 is 2. The fourth-order valence-electron chi connectivity index (χ4n) is 2.84. The van der Waals surface area contributed by atoms with Crippen molar-refractivity contribution >= 4 is 5.91 Å². The van der Waals surface area contributed by atoms with E-state index >= 15 is 0 Å². The molecule has 1 aliphatic carbocycles. The predicted molar refractivity (Wildman–Crippen MR) is 102 cm³/mol. The second-order valence-electron chi connectivity index (χ2n) is 6.94. The van der Waals surface area contributed by atoms with E-state index in [9.17, 15) is 4.79 Å². The molecule has 0 unspecified atom stereocenters. The van der Waals surface area contributed by atoms with E-state index in [2.05, 4.69) is 10.2 Å². The van der Waals surface area contributed by atoms with Crippen LogP contribution in [-0.4, -0.2) is 56.9 Å². The summed E-state index contributed by atoms with van der Waals surface area (Å²) in [7, 11) is 3.32. The molecule has 1 fully saturated rings. The molecule has 146 valence electrons. The lowest BCUT2D eigenvalue weighted by Gasteiger charge is -2.23. The molecular formula is C20H32N2O4. The lowest BCUT2D eigenvalue weighted by Crippen LogP contribution is -2.38. The molecule has 0 atom stereocenters. The van der Waals surface area contributed by atoms with E-state index in [4.69, 9.17) is 14.2 Å². The Kier molecular flexibility index (Phi) is 8.19. The minimum atomic E-state index is 0.0586. The number of amides is 1. The van der Waals surface area contributed by atoms with E-state index < -0.39 is 0 Å². The first kappa shape index (κ1) is 20.5. The van der Waals surface area contributed by atoms with Gasteiger partial charge in [-0.3, -0.25) is 9.69 Å². The van der Waals surface area contributed by atoms with Crippen molar-refractivity contribution in [2.75, 3.05) is 33.9 Å². The van der Waals surface area contributed by atoms with E-state index in [-0.39, 0.29) is 12.0 Å². The Balaban J connectivity index is 1.86. The molecule has 6 nitrogen and oxygen atoms in total. The van der Waals surface area contributed by atoms with Crippen molar-refractivity contribution in [2.45, 2.75) is 51.8 Å². The molecule has 1 aromatic carbocycles. The van der Waals surface area contributed by atoms with E-state index in [0.717, 1.165) is 36.3 Å². The van der Waals surface area contributed by atoms with Crippen molar-refractivity contribution in [1.82, 2.24) is 10.2 Å². The zero-order chi connectivity index (χ0) is 18.9. The Hall–Kier alpha value is -1.79. The van der Waals surface area contributed by atoms with Crippen LogP contribution in [0.5, 0.6) is 11.5 Å². The third kappa shape index (κ3) is 6.84. The van der Waals surface area contributed by atoms with Gasteiger partial charge in [-0.15, -0.1) is 0 Å². The summed E-state index contributed by atoms with van der Waals surface area (Å²) in [5.74, 6) is 1.68. The van der Waals surface area contributed by atoms with Crippen molar-refractivity contribution in [3.8, 4) is 11.5 Å². The SMILES string of the molecule is COc1ccc(OC)c(CN(CC(=O)NCCCOC(C)C)C2CC2)c1. The predicted octanol–water partition coefficient (Wildman–Crippen LogP) is 2.60. The number of carbonyl (C=O) groups is 1. The third-order valence-corrected chi connectivity index (χ3v) is 4.37. The number of ether oxygens (including phenoxy) is 3. The summed E-state index contributed by atoms with van der Waals surface area (Å²) in [6, 6.07) is 6.25. The van der Waals surface area contributed by atoms with Crippen molar-refractivity contribution in [1.29, 1.82) is 0 Å². The minimum absolute atomic E-state index is 0.0586. The van der Waals surface area contributed by atoms with E-state index in [1.807, 2.05) is 32.0 Å². The fraction of sp³-hybridized carbons (Fsp3) is 0.650. The molecule has 0 aliphatic heterocycles. The first-order valence-electron chi connectivity index (χ1n) is 9.36. The number of rotatable bonds is 12. The Morgan fingerprint density at radius 3 is 2.65 bits per heavy atom. The number of carbonyl (C=O) groups excluding carboxylic acids is 1. The molecule has 1 amide bonds. The van der Waals surface area contributed by atoms with Gasteiger partial charge in [-0.2, -0.15) is 0 Å². The first-order valence-corrected chi connectivity index (χ1v) is 9.36. The zero-order valence-electron chi connectivity index (χ0n) is 16.4. The normalized spacial score (nSPS) is 13.9. The molecule has 1 aromatic rings. The highest BCUT2D eigenvalue weighted by molar-refractivity contribution is 5.78. The maximum Gasteiger partial charge on any atom is 0.234 e. The van der Waals surface area contributed by atoms with Crippen LogP contribution in [0.3, 0.4) is 0 Å². The number of nitrogens with one attached hydrogen (secondary N) is 1. The second-order valence-corrected chi connectivity index (χ2v) is 6.94. The maximum absolute atomic E-state index is 12.3. The topological polar surface area (TPSA) is 60.0 Å². The summed E-state index contributed by atoms with van der Waals surface area (Å²) in [5.41, 5.74) is 1.04. The van der Waals surface area contributed by atoms with Crippen LogP contribution in [0.25, 0.3) is 0 Å². The highest BCUT2D eigenvalue weighted by Gasteiger charge is 2.30. The molecule has 1 N–H and O–H groups in total. The number of hydrogen-bond donors (Lipinski definition) is 1. The average Bonchev–Trinajstić information content (AvgIpc) is 3.45. The number of benzene rings is 1. The van der Waals surface area contributed by atoms with Crippen molar-refractivity contribution < 1.29 is 19.0 Å². The Bertz CT molecular complexity index is 573. The standard InChI is InChI=1S/C20H32N2O4/c1-15(2)26-11-5-10-21-20(23)14-22(17-6-7-17)13-16-12-18(24-3)8-9-19(16)25-4/h8-9,12,15,17H,5-7,10-11,13-14H2,1-4H3,(H,21,23). The molecule has 1 aliphatic rings. The van der Waals surface area contributed by atoms with Crippen molar-refractivity contribution in [2.24, 2.45) is 0 Å². The van der Waals surface area contributed by atoms with E-state index in [1.54, 1.807) is 14.2 Å². The number of nitrogens with zero attached hydrogens (tertiary/aromatic N) is 1. The van der Waals surface area contributed by atoms with Gasteiger partial charge in [0.2, 0.25) is 5.91 Å². The molecule has 6 heteroatoms. The summed E-state index contributed by atoms with van der Waals surface area (Å²) >= 11 is 0. The van der Waals surface area contributed by atoms with Crippen LogP contribution in [-0.2, 0) is 16.1 Å². The molecule has 0 radical (unpaired) electrons. The first-order chi connectivity index (χ1) is 12.5. The van der Waals surface area contributed by atoms with Crippen LogP contribution in [0.1, 0.15) is 38.7 Å². The van der Waals surface area contributed by atoms with Crippen molar-refractivity contribution in [3.05, 3.63) is 23.8 Å². The lowest BCUT2D eigenvalue weighted by molar-refractivity contribution is -0.122. The van der Waals surface area contributed by atoms with Crippen LogP contribution in [0.4, 0.5) is 0 Å². The largest absolute Gasteiger partial charge is 0.497 e. The fourth-order valence-corrected chi connectivity index (χ4v) is 2.84. The van der Waals surface area contributed by atoms with Crippen LogP contribution in [0.15, 0.2) is 18.2 Å². The van der Waals surface area contributed by atoms with Crippen LogP contribution in [0, 0.1) is 0 Å². The van der Waals surface area contributed by atoms with E-state index in [1.165, 1.54) is 0 Å². The third-order valence-electron chi connectivity index (χ3n) is 4.37. The number of hydrogen-bond acceptors (Lipinski definition) is 5. The summed E-state index contributed by atoms with van der Waals surface area (Å²) in [6.45, 7) is 6.42. The van der Waals surface area contributed by atoms with Crippen LogP contribution < -0.4 is 14.8 Å². The van der Waals surface area contributed by atoms with Crippen LogP contribution >= 0.6 is 0 Å². The highest BCUT2D eigenvalue weighted by atomic mass is 16.5. The molecule has 2 rings (SSSR count). The Morgan fingerprint density at radius 2 is 2.04 bits per heavy atom. The molecule has 1 saturated carbocycles. The Labute approximate surface area is 156 Å². The highest BCUT2D eigenvalue weighted by Crippen LogP contribution is 2.31. The molecule has 0 bridgehead atoms. The summed E-state index contributed by atoms with van der Waals surface area (Å²) in [4.78, 5) is 14.5. The van der Waals surface area contributed by atoms with Crippen molar-refractivity contribution in [3.63, 3.8) is 0 Å². The molecular weight excluding hydrogens is 332 g/mol. The second kappa shape index (κ2) is 10.4. The monoisotopic (exact) mass is 364 g/mol. The van der Waals surface area contributed by atoms with Gasteiger partial charge in [0.1, 0.15) is 11.5 Å². The van der Waals surface area contributed by atoms with Crippen LogP contribution in [0.2, 0.25) is 0 Å². The zero-order valence-corrected chi connectivity index (χ0v) is 16.4. The molecule has 0 spiro atoms. The van der Waals surface area contributed by atoms with Gasteiger partial charge in [0.05, 0.1) is 26.9 Å². The molecule has 0 aromatic heterocycles. The smallest absolute Gasteiger partial charge is 0.234 e. The van der Waals surface area contributed by atoms with Gasteiger partial charge >= 0.3 is 0 Å². The quantitative estimate of drug-likeness (QED) is 0.578. The molecule has 0 heterocycles. The van der Waals surface area contributed by atoms with Gasteiger partial charge in [0.25, 0.3) is 0 Å². The van der Waals surface area contributed by atoms with Gasteiger partial charge in [0, 0.05) is 31.3 Å². The summed E-state index contributed by atoms with van der Waals surface area (Å²) in [5, 5.41) is 2.99. The lowest BCUT2D eigenvalue weighted by atomic mass is 10.1. The average molecular weight is 364 g/mol. The van der Waals surface area contributed by atoms with E-state index in [0.29, 0.717) is 32.3 Å². The maximum atomic E-state index is 12.3. The van der Waals surface area contributed by atoms with Gasteiger partial charge in [0.15, 0.2) is 0 Å². The van der Waals surface area contributed by atoms with Gasteiger partial charge in [-0.05, 0) is 51.3 Å². The summed E-state index contributed by atoms with van der Waals surface area (Å²) in [6.07, 6.45) is 3.34. The van der Waals surface area contributed by atoms with Gasteiger partial charge in [-0.25, -0.2) is 0 Å².